The van der Waals surface area contributed by atoms with Crippen molar-refractivity contribution < 1.29 is 18.3 Å². The first-order chi connectivity index (χ1) is 22.2. The predicted molar refractivity (Wildman–Crippen MR) is 173 cm³/mol. The SMILES string of the molecule is Nc1ccc([C@@H](O)CNC[C@H]2CCc3cc(S(=O)(=O)Nc4ccc(-n5nnn(CCCC6CCCC6)c5=O)cc4)ccc3O2)cn1. The topological polar surface area (TPSA) is 179 Å². The number of aryl methyl sites for hydroxylation is 2. The van der Waals surface area contributed by atoms with Gasteiger partial charge in [0.2, 0.25) is 0 Å². The number of pyridine rings is 1. The molecule has 2 atom stereocenters. The van der Waals surface area contributed by atoms with Crippen molar-refractivity contribution in [1.82, 2.24) is 30.1 Å². The third-order valence-electron chi connectivity index (χ3n) is 8.74. The Morgan fingerprint density at radius 2 is 1.85 bits per heavy atom. The lowest BCUT2D eigenvalue weighted by molar-refractivity contribution is 0.146. The molecule has 0 spiro atoms. The van der Waals surface area contributed by atoms with E-state index in [1.54, 1.807) is 54.7 Å². The molecule has 2 aromatic heterocycles. The number of ether oxygens (including phenoxy) is 1. The predicted octanol–water partition coefficient (Wildman–Crippen LogP) is 3.19. The van der Waals surface area contributed by atoms with E-state index < -0.39 is 16.1 Å². The third-order valence-corrected chi connectivity index (χ3v) is 10.1. The molecule has 1 fully saturated rings. The average Bonchev–Trinajstić information content (AvgIpc) is 3.71. The minimum Gasteiger partial charge on any atom is -0.489 e. The van der Waals surface area contributed by atoms with Crippen LogP contribution in [0.4, 0.5) is 11.5 Å². The summed E-state index contributed by atoms with van der Waals surface area (Å²) in [4.78, 5) is 17.0. The van der Waals surface area contributed by atoms with Gasteiger partial charge in [-0.1, -0.05) is 31.7 Å². The number of benzene rings is 2. The van der Waals surface area contributed by atoms with Crippen LogP contribution in [0.5, 0.6) is 5.75 Å². The fourth-order valence-electron chi connectivity index (χ4n) is 6.13. The summed E-state index contributed by atoms with van der Waals surface area (Å²) in [5.74, 6) is 1.79. The Labute approximate surface area is 267 Å². The zero-order chi connectivity index (χ0) is 32.1. The van der Waals surface area contributed by atoms with Crippen LogP contribution < -0.4 is 26.2 Å². The Morgan fingerprint density at radius 1 is 1.04 bits per heavy atom. The van der Waals surface area contributed by atoms with Crippen molar-refractivity contribution in [3.8, 4) is 11.4 Å². The van der Waals surface area contributed by atoms with E-state index >= 15 is 0 Å². The highest BCUT2D eigenvalue weighted by atomic mass is 32.2. The van der Waals surface area contributed by atoms with Gasteiger partial charge in [0.15, 0.2) is 0 Å². The van der Waals surface area contributed by atoms with Crippen molar-refractivity contribution in [2.75, 3.05) is 23.5 Å². The average molecular weight is 649 g/mol. The van der Waals surface area contributed by atoms with Crippen molar-refractivity contribution in [1.29, 1.82) is 0 Å². The van der Waals surface area contributed by atoms with Gasteiger partial charge in [-0.2, -0.15) is 9.36 Å². The second-order valence-electron chi connectivity index (χ2n) is 12.1. The van der Waals surface area contributed by atoms with Gasteiger partial charge in [-0.05, 0) is 96.1 Å². The Morgan fingerprint density at radius 3 is 2.61 bits per heavy atom. The molecule has 2 aliphatic rings. The Hall–Kier alpha value is -4.27. The minimum absolute atomic E-state index is 0.116. The van der Waals surface area contributed by atoms with Gasteiger partial charge in [-0.25, -0.2) is 18.2 Å². The summed E-state index contributed by atoms with van der Waals surface area (Å²) in [7, 11) is -3.87. The van der Waals surface area contributed by atoms with E-state index in [1.807, 2.05) is 0 Å². The molecular formula is C32H40N8O5S. The smallest absolute Gasteiger partial charge is 0.368 e. The maximum absolute atomic E-state index is 13.2. The first kappa shape index (κ1) is 31.7. The molecule has 0 saturated heterocycles. The van der Waals surface area contributed by atoms with Gasteiger partial charge in [-0.15, -0.1) is 0 Å². The van der Waals surface area contributed by atoms with Crippen molar-refractivity contribution in [3.05, 3.63) is 82.4 Å². The Bertz CT molecular complexity index is 1780. The molecule has 6 rings (SSSR count). The Balaban J connectivity index is 1.01. The second-order valence-corrected chi connectivity index (χ2v) is 13.8. The van der Waals surface area contributed by atoms with E-state index in [-0.39, 0.29) is 16.7 Å². The molecule has 1 saturated carbocycles. The van der Waals surface area contributed by atoms with Gasteiger partial charge in [0, 0.05) is 37.1 Å². The summed E-state index contributed by atoms with van der Waals surface area (Å²) in [5.41, 5.74) is 7.64. The highest BCUT2D eigenvalue weighted by molar-refractivity contribution is 7.92. The molecule has 0 amide bonds. The van der Waals surface area contributed by atoms with Crippen LogP contribution in [0.25, 0.3) is 5.69 Å². The van der Waals surface area contributed by atoms with Gasteiger partial charge < -0.3 is 20.9 Å². The molecule has 46 heavy (non-hydrogen) atoms. The van der Waals surface area contributed by atoms with E-state index in [0.717, 1.165) is 24.3 Å². The van der Waals surface area contributed by atoms with Crippen LogP contribution in [0.3, 0.4) is 0 Å². The van der Waals surface area contributed by atoms with Crippen molar-refractivity contribution >= 4 is 21.5 Å². The maximum Gasteiger partial charge on any atom is 0.368 e. The molecule has 4 aromatic rings. The zero-order valence-electron chi connectivity index (χ0n) is 25.6. The van der Waals surface area contributed by atoms with Gasteiger partial charge in [0.1, 0.15) is 17.7 Å². The number of anilines is 2. The number of nitrogen functional groups attached to an aromatic ring is 1. The first-order valence-corrected chi connectivity index (χ1v) is 17.3. The molecule has 5 N–H and O–H groups in total. The summed E-state index contributed by atoms with van der Waals surface area (Å²) in [5, 5.41) is 21.7. The van der Waals surface area contributed by atoms with Gasteiger partial charge in [0.05, 0.1) is 16.7 Å². The van der Waals surface area contributed by atoms with Gasteiger partial charge >= 0.3 is 5.69 Å². The van der Waals surface area contributed by atoms with Gasteiger partial charge in [-0.3, -0.25) is 4.72 Å². The van der Waals surface area contributed by atoms with Crippen LogP contribution in [-0.2, 0) is 23.0 Å². The molecule has 3 heterocycles. The van der Waals surface area contributed by atoms with Crippen LogP contribution >= 0.6 is 0 Å². The normalized spacial score (nSPS) is 17.4. The largest absolute Gasteiger partial charge is 0.489 e. The first-order valence-electron chi connectivity index (χ1n) is 15.8. The summed E-state index contributed by atoms with van der Waals surface area (Å²) in [6, 6.07) is 14.7. The molecule has 0 unspecified atom stereocenters. The quantitative estimate of drug-likeness (QED) is 0.168. The number of rotatable bonds is 13. The molecule has 1 aliphatic heterocycles. The number of nitrogens with two attached hydrogens (primary N) is 1. The number of fused-ring (bicyclic) bond motifs is 1. The summed E-state index contributed by atoms with van der Waals surface area (Å²) < 4.78 is 37.8. The second kappa shape index (κ2) is 14.0. The van der Waals surface area contributed by atoms with E-state index in [1.165, 1.54) is 41.1 Å². The molecule has 0 bridgehead atoms. The van der Waals surface area contributed by atoms with E-state index in [4.69, 9.17) is 10.5 Å². The monoisotopic (exact) mass is 648 g/mol. The molecule has 13 nitrogen and oxygen atoms in total. The van der Waals surface area contributed by atoms with Crippen LogP contribution in [0.1, 0.15) is 62.2 Å². The number of aliphatic hydroxyl groups is 1. The maximum atomic E-state index is 13.2. The third kappa shape index (κ3) is 7.57. The van der Waals surface area contributed by atoms with Crippen LogP contribution in [-0.4, -0.2) is 57.5 Å². The molecule has 244 valence electrons. The van der Waals surface area contributed by atoms with Crippen LogP contribution in [0.15, 0.2) is 70.5 Å². The number of sulfonamides is 1. The number of nitrogens with one attached hydrogen (secondary N) is 2. The summed E-state index contributed by atoms with van der Waals surface area (Å²) >= 11 is 0. The number of hydrogen-bond acceptors (Lipinski definition) is 10. The number of tetrazole rings is 1. The molecule has 0 radical (unpaired) electrons. The highest BCUT2D eigenvalue weighted by Crippen LogP contribution is 2.31. The number of hydrogen-bond donors (Lipinski definition) is 4. The standard InChI is InChI=1S/C32H40N8O5S/c33-31-16-8-24(19-35-31)29(41)21-34-20-27-13-7-23-18-28(14-15-30(23)45-27)46(43,44)36-25-9-11-26(12-10-25)40-32(42)39(37-38-40)17-3-6-22-4-1-2-5-22/h8-12,14-16,18-19,22,27,29,34,36,41H,1-7,13,17,20-21H2,(H2,33,35)/t27-,29+/m1/s1. The zero-order valence-corrected chi connectivity index (χ0v) is 26.4. The fourth-order valence-corrected chi connectivity index (χ4v) is 7.24. The van der Waals surface area contributed by atoms with Crippen molar-refractivity contribution in [2.24, 2.45) is 5.92 Å². The number of nitrogens with zero attached hydrogens (tertiary/aromatic N) is 5. The minimum atomic E-state index is -3.87. The van der Waals surface area contributed by atoms with Crippen molar-refractivity contribution in [2.45, 2.75) is 75.0 Å². The number of aliphatic hydroxyl groups excluding tert-OH is 1. The molecule has 2 aromatic carbocycles. The lowest BCUT2D eigenvalue weighted by atomic mass is 10.0. The lowest BCUT2D eigenvalue weighted by Gasteiger charge is -2.27. The molecular weight excluding hydrogens is 608 g/mol. The number of aromatic nitrogens is 5. The highest BCUT2D eigenvalue weighted by Gasteiger charge is 2.23. The van der Waals surface area contributed by atoms with Gasteiger partial charge in [0.25, 0.3) is 10.0 Å². The fraction of sp³-hybridized carbons (Fsp3) is 0.438. The Kier molecular flexibility index (Phi) is 9.66. The van der Waals surface area contributed by atoms with E-state index in [2.05, 4.69) is 25.4 Å². The summed E-state index contributed by atoms with van der Waals surface area (Å²) in [6.07, 6.45) is 9.21. The van der Waals surface area contributed by atoms with E-state index in [9.17, 15) is 18.3 Å². The van der Waals surface area contributed by atoms with Crippen LogP contribution in [0.2, 0.25) is 0 Å². The van der Waals surface area contributed by atoms with E-state index in [0.29, 0.717) is 61.0 Å². The van der Waals surface area contributed by atoms with Crippen LogP contribution in [0, 0.1) is 5.92 Å². The molecule has 14 heteroatoms. The summed E-state index contributed by atoms with van der Waals surface area (Å²) in [6.45, 7) is 1.39. The lowest BCUT2D eigenvalue weighted by Crippen LogP contribution is -2.36. The van der Waals surface area contributed by atoms with Crippen molar-refractivity contribution in [3.63, 3.8) is 0 Å². The molecule has 1 aliphatic carbocycles.